The molecule has 4 rings (SSSR count). The molecule has 1 aliphatic heterocycles. The lowest BCUT2D eigenvalue weighted by atomic mass is 9.85. The van der Waals surface area contributed by atoms with Gasteiger partial charge in [0.15, 0.2) is 0 Å². The molecule has 0 saturated carbocycles. The Morgan fingerprint density at radius 2 is 1.43 bits per heavy atom. The Bertz CT molecular complexity index is 1030. The first-order valence-electron chi connectivity index (χ1n) is 10.5. The summed E-state index contributed by atoms with van der Waals surface area (Å²) in [5.41, 5.74) is 5.03. The zero-order chi connectivity index (χ0) is 21.0. The van der Waals surface area contributed by atoms with Gasteiger partial charge in [-0.3, -0.25) is 4.99 Å². The van der Waals surface area contributed by atoms with Crippen LogP contribution in [0.3, 0.4) is 0 Å². The smallest absolute Gasteiger partial charge is 0.119 e. The predicted octanol–water partition coefficient (Wildman–Crippen LogP) is 6.34. The monoisotopic (exact) mass is 400 g/mol. The highest BCUT2D eigenvalue weighted by Gasteiger charge is 2.32. The van der Waals surface area contributed by atoms with E-state index in [9.17, 15) is 0 Å². The predicted molar refractivity (Wildman–Crippen MR) is 123 cm³/mol. The van der Waals surface area contributed by atoms with Crippen molar-refractivity contribution in [2.75, 3.05) is 18.5 Å². The summed E-state index contributed by atoms with van der Waals surface area (Å²) >= 11 is 0. The maximum absolute atomic E-state index is 5.63. The van der Waals surface area contributed by atoms with E-state index in [4.69, 9.17) is 14.5 Å². The lowest BCUT2D eigenvalue weighted by molar-refractivity contribution is 0.340. The van der Waals surface area contributed by atoms with Gasteiger partial charge in [-0.15, -0.1) is 0 Å². The first-order valence-corrected chi connectivity index (χ1v) is 10.5. The highest BCUT2D eigenvalue weighted by atomic mass is 16.5. The van der Waals surface area contributed by atoms with Gasteiger partial charge in [0.25, 0.3) is 0 Å². The van der Waals surface area contributed by atoms with E-state index in [-0.39, 0.29) is 5.54 Å². The Morgan fingerprint density at radius 1 is 0.833 bits per heavy atom. The summed E-state index contributed by atoms with van der Waals surface area (Å²) in [6, 6.07) is 24.8. The van der Waals surface area contributed by atoms with Crippen molar-refractivity contribution in [2.45, 2.75) is 32.7 Å². The zero-order valence-corrected chi connectivity index (χ0v) is 17.8. The van der Waals surface area contributed by atoms with Gasteiger partial charge in [-0.05, 0) is 80.4 Å². The van der Waals surface area contributed by atoms with Crippen molar-refractivity contribution >= 4 is 17.1 Å². The quantitative estimate of drug-likeness (QED) is 0.525. The van der Waals surface area contributed by atoms with Crippen LogP contribution in [0.5, 0.6) is 11.5 Å². The molecule has 0 saturated heterocycles. The number of fused-ring (bicyclic) bond motifs is 1. The number of nitrogens with zero attached hydrogens (tertiary/aromatic N) is 1. The Hall–Kier alpha value is -3.27. The molecule has 0 bridgehead atoms. The lowest BCUT2D eigenvalue weighted by Crippen LogP contribution is -2.33. The summed E-state index contributed by atoms with van der Waals surface area (Å²) in [6.45, 7) is 7.55. The molecule has 4 nitrogen and oxygen atoms in total. The van der Waals surface area contributed by atoms with Crippen molar-refractivity contribution in [3.63, 3.8) is 0 Å². The molecule has 0 amide bonds. The van der Waals surface area contributed by atoms with Crippen LogP contribution in [0, 0.1) is 0 Å². The van der Waals surface area contributed by atoms with E-state index >= 15 is 0 Å². The minimum atomic E-state index is -0.311. The molecule has 1 N–H and O–H groups in total. The maximum Gasteiger partial charge on any atom is 0.119 e. The fourth-order valence-corrected chi connectivity index (χ4v) is 3.87. The van der Waals surface area contributed by atoms with Crippen LogP contribution in [0.15, 0.2) is 77.8 Å². The van der Waals surface area contributed by atoms with E-state index in [1.54, 1.807) is 0 Å². The number of rotatable bonds is 6. The number of nitrogens with one attached hydrogen (secondary N) is 1. The molecule has 154 valence electrons. The summed E-state index contributed by atoms with van der Waals surface area (Å²) < 4.78 is 11.2. The molecule has 1 atom stereocenters. The van der Waals surface area contributed by atoms with Crippen LogP contribution in [0.25, 0.3) is 0 Å². The molecule has 3 aromatic rings. The van der Waals surface area contributed by atoms with Gasteiger partial charge >= 0.3 is 0 Å². The van der Waals surface area contributed by atoms with Crippen molar-refractivity contribution in [2.24, 2.45) is 4.99 Å². The normalized spacial score (nSPS) is 17.9. The second kappa shape index (κ2) is 8.62. The highest BCUT2D eigenvalue weighted by Crippen LogP contribution is 2.39. The molecule has 0 aromatic heterocycles. The number of anilines is 1. The minimum absolute atomic E-state index is 0.311. The third-order valence-corrected chi connectivity index (χ3v) is 5.39. The molecule has 0 fully saturated rings. The topological polar surface area (TPSA) is 42.8 Å². The van der Waals surface area contributed by atoms with Crippen LogP contribution in [0.4, 0.5) is 11.4 Å². The first kappa shape index (κ1) is 20.0. The molecule has 3 aromatic carbocycles. The van der Waals surface area contributed by atoms with E-state index in [1.165, 1.54) is 5.56 Å². The van der Waals surface area contributed by atoms with Crippen molar-refractivity contribution < 1.29 is 9.47 Å². The average Bonchev–Trinajstić information content (AvgIpc) is 2.92. The van der Waals surface area contributed by atoms with Gasteiger partial charge in [0, 0.05) is 6.42 Å². The molecule has 0 aliphatic carbocycles. The summed E-state index contributed by atoms with van der Waals surface area (Å²) in [5.74, 6) is 1.77. The van der Waals surface area contributed by atoms with Gasteiger partial charge in [-0.25, -0.2) is 0 Å². The summed E-state index contributed by atoms with van der Waals surface area (Å²) in [4.78, 5) is 5.04. The van der Waals surface area contributed by atoms with Gasteiger partial charge in [-0.2, -0.15) is 0 Å². The van der Waals surface area contributed by atoms with Crippen molar-refractivity contribution in [3.8, 4) is 11.5 Å². The van der Waals surface area contributed by atoms with Crippen LogP contribution in [0.1, 0.15) is 38.3 Å². The second-order valence-corrected chi connectivity index (χ2v) is 7.62. The van der Waals surface area contributed by atoms with Crippen LogP contribution >= 0.6 is 0 Å². The molecular formula is C26H28N2O2. The average molecular weight is 401 g/mol. The standard InChI is InChI=1S/C26H28N2O2/c1-4-29-21-14-10-19(11-15-21)25-18-26(3,20-12-16-22(17-13-20)30-5-2)28-24-9-7-6-8-23(24)27-25/h6-17,28H,4-5,18H2,1-3H3. The molecule has 4 heteroatoms. The van der Waals surface area contributed by atoms with E-state index in [1.807, 2.05) is 50.2 Å². The van der Waals surface area contributed by atoms with Gasteiger partial charge in [0.1, 0.15) is 11.5 Å². The molecule has 30 heavy (non-hydrogen) atoms. The number of aliphatic imine (C=N–C) groups is 1. The summed E-state index contributed by atoms with van der Waals surface area (Å²) in [7, 11) is 0. The third kappa shape index (κ3) is 4.18. The van der Waals surface area contributed by atoms with Crippen LogP contribution in [0.2, 0.25) is 0 Å². The van der Waals surface area contributed by atoms with E-state index < -0.39 is 0 Å². The van der Waals surface area contributed by atoms with Crippen molar-refractivity contribution in [3.05, 3.63) is 83.9 Å². The largest absolute Gasteiger partial charge is 0.494 e. The number of para-hydroxylation sites is 2. The number of ether oxygens (including phenoxy) is 2. The van der Waals surface area contributed by atoms with E-state index in [2.05, 4.69) is 48.6 Å². The Kier molecular flexibility index (Phi) is 5.75. The number of hydrogen-bond acceptors (Lipinski definition) is 4. The molecule has 0 radical (unpaired) electrons. The first-order chi connectivity index (χ1) is 14.6. The Morgan fingerprint density at radius 3 is 2.07 bits per heavy atom. The van der Waals surface area contributed by atoms with Gasteiger partial charge in [0.05, 0.1) is 35.8 Å². The Balaban J connectivity index is 1.74. The fourth-order valence-electron chi connectivity index (χ4n) is 3.87. The fraction of sp³-hybridized carbons (Fsp3) is 0.269. The Labute approximate surface area is 178 Å². The van der Waals surface area contributed by atoms with Gasteiger partial charge in [0.2, 0.25) is 0 Å². The maximum atomic E-state index is 5.63. The van der Waals surface area contributed by atoms with Crippen molar-refractivity contribution in [1.29, 1.82) is 0 Å². The molecule has 1 heterocycles. The number of hydrogen-bond donors (Lipinski definition) is 1. The molecule has 1 aliphatic rings. The summed E-state index contributed by atoms with van der Waals surface area (Å²) in [5, 5.41) is 3.75. The van der Waals surface area contributed by atoms with E-state index in [0.29, 0.717) is 13.2 Å². The third-order valence-electron chi connectivity index (χ3n) is 5.39. The van der Waals surface area contributed by atoms with Gasteiger partial charge < -0.3 is 14.8 Å². The lowest BCUT2D eigenvalue weighted by Gasteiger charge is -2.32. The molecular weight excluding hydrogens is 372 g/mol. The van der Waals surface area contributed by atoms with Crippen LogP contribution in [-0.4, -0.2) is 18.9 Å². The molecule has 1 unspecified atom stereocenters. The molecule has 0 spiro atoms. The van der Waals surface area contributed by atoms with Crippen molar-refractivity contribution in [1.82, 2.24) is 0 Å². The van der Waals surface area contributed by atoms with Crippen LogP contribution in [-0.2, 0) is 5.54 Å². The second-order valence-electron chi connectivity index (χ2n) is 7.62. The minimum Gasteiger partial charge on any atom is -0.494 e. The zero-order valence-electron chi connectivity index (χ0n) is 17.8. The summed E-state index contributed by atoms with van der Waals surface area (Å²) in [6.07, 6.45) is 0.754. The van der Waals surface area contributed by atoms with Crippen LogP contribution < -0.4 is 14.8 Å². The highest BCUT2D eigenvalue weighted by molar-refractivity contribution is 6.04. The van der Waals surface area contributed by atoms with E-state index in [0.717, 1.165) is 40.6 Å². The number of benzene rings is 3. The van der Waals surface area contributed by atoms with Gasteiger partial charge in [-0.1, -0.05) is 24.3 Å². The SMILES string of the molecule is CCOc1ccc(C2=Nc3ccccc3NC(C)(c3ccc(OCC)cc3)C2)cc1.